The second kappa shape index (κ2) is 6.83. The minimum absolute atomic E-state index is 0.321. The second-order valence-corrected chi connectivity index (χ2v) is 6.19. The normalized spacial score (nSPS) is 12.6. The molecule has 1 atom stereocenters. The molecule has 2 heterocycles. The van der Waals surface area contributed by atoms with E-state index in [1.165, 1.54) is 10.3 Å². The van der Waals surface area contributed by atoms with Gasteiger partial charge in [0.2, 0.25) is 0 Å². The maximum absolute atomic E-state index is 4.84. The van der Waals surface area contributed by atoms with Crippen LogP contribution < -0.4 is 5.32 Å². The lowest BCUT2D eigenvalue weighted by atomic mass is 10.1. The lowest BCUT2D eigenvalue weighted by Crippen LogP contribution is -2.22. The average molecular weight is 296 g/mol. The molecule has 0 aliphatic rings. The summed E-state index contributed by atoms with van der Waals surface area (Å²) < 4.78 is 0. The Morgan fingerprint density at radius 3 is 2.81 bits per heavy atom. The Hall–Kier alpha value is -1.71. The van der Waals surface area contributed by atoms with E-state index in [2.05, 4.69) is 60.1 Å². The number of benzene rings is 1. The summed E-state index contributed by atoms with van der Waals surface area (Å²) in [5.74, 6) is 0. The fourth-order valence-corrected chi connectivity index (χ4v) is 3.34. The van der Waals surface area contributed by atoms with E-state index < -0.39 is 0 Å². The van der Waals surface area contributed by atoms with Gasteiger partial charge in [-0.05, 0) is 43.0 Å². The molecule has 108 valence electrons. The largest absolute Gasteiger partial charge is 0.309 e. The predicted molar refractivity (Wildman–Crippen MR) is 90.8 cm³/mol. The van der Waals surface area contributed by atoms with E-state index in [4.69, 9.17) is 4.98 Å². The van der Waals surface area contributed by atoms with Crippen molar-refractivity contribution in [3.05, 3.63) is 64.5 Å². The number of aromatic nitrogens is 1. The van der Waals surface area contributed by atoms with Crippen molar-refractivity contribution >= 4 is 22.2 Å². The highest BCUT2D eigenvalue weighted by molar-refractivity contribution is 7.09. The van der Waals surface area contributed by atoms with Gasteiger partial charge in [-0.25, -0.2) is 0 Å². The summed E-state index contributed by atoms with van der Waals surface area (Å²) in [5, 5.41) is 6.92. The highest BCUT2D eigenvalue weighted by atomic mass is 32.1. The minimum Gasteiger partial charge on any atom is -0.309 e. The molecule has 1 aromatic carbocycles. The molecular formula is C18H20N2S. The first-order chi connectivity index (χ1) is 10.4. The van der Waals surface area contributed by atoms with Gasteiger partial charge in [0.1, 0.15) is 0 Å². The molecule has 0 saturated heterocycles. The van der Waals surface area contributed by atoms with E-state index in [0.717, 1.165) is 30.6 Å². The molecule has 0 spiro atoms. The molecule has 2 aromatic heterocycles. The molecule has 0 aliphatic heterocycles. The van der Waals surface area contributed by atoms with Crippen LogP contribution in [0.25, 0.3) is 10.9 Å². The molecule has 3 aromatic rings. The van der Waals surface area contributed by atoms with Crippen molar-refractivity contribution in [2.45, 2.75) is 25.8 Å². The zero-order chi connectivity index (χ0) is 14.5. The molecular weight excluding hydrogens is 276 g/mol. The Labute approximate surface area is 129 Å². The summed E-state index contributed by atoms with van der Waals surface area (Å²) in [4.78, 5) is 6.28. The van der Waals surface area contributed by atoms with Crippen LogP contribution in [0.15, 0.2) is 53.9 Å². The van der Waals surface area contributed by atoms with Gasteiger partial charge in [0.15, 0.2) is 0 Å². The van der Waals surface area contributed by atoms with E-state index in [9.17, 15) is 0 Å². The monoisotopic (exact) mass is 296 g/mol. The third kappa shape index (κ3) is 3.49. The molecule has 3 rings (SSSR count). The summed E-state index contributed by atoms with van der Waals surface area (Å²) in [6.07, 6.45) is 2.18. The molecule has 1 N–H and O–H groups in total. The molecule has 0 radical (unpaired) electrons. The van der Waals surface area contributed by atoms with Crippen LogP contribution in [-0.2, 0) is 6.42 Å². The maximum Gasteiger partial charge on any atom is 0.0706 e. The van der Waals surface area contributed by atoms with Crippen molar-refractivity contribution in [3.63, 3.8) is 0 Å². The summed E-state index contributed by atoms with van der Waals surface area (Å²) in [5.41, 5.74) is 2.22. The number of para-hydroxylation sites is 1. The Balaban J connectivity index is 1.80. The Bertz CT molecular complexity index is 691. The molecule has 0 fully saturated rings. The van der Waals surface area contributed by atoms with Crippen LogP contribution in [-0.4, -0.2) is 11.5 Å². The van der Waals surface area contributed by atoms with Gasteiger partial charge >= 0.3 is 0 Å². The van der Waals surface area contributed by atoms with Gasteiger partial charge in [-0.15, -0.1) is 11.3 Å². The first-order valence-corrected chi connectivity index (χ1v) is 8.36. The molecule has 1 unspecified atom stereocenters. The Morgan fingerprint density at radius 2 is 2.00 bits per heavy atom. The number of aryl methyl sites for hydroxylation is 1. The first-order valence-electron chi connectivity index (χ1n) is 7.48. The standard InChI is InChI=1S/C18H20N2S/c1-2-19-17(12-10-15-7-5-13-21-15)18-11-9-14-6-3-4-8-16(14)20-18/h3-9,11,13,17,19H,2,10,12H2,1H3. The fraction of sp³-hybridized carbons (Fsp3) is 0.278. The van der Waals surface area contributed by atoms with Gasteiger partial charge in [0.25, 0.3) is 0 Å². The Morgan fingerprint density at radius 1 is 1.10 bits per heavy atom. The third-order valence-electron chi connectivity index (χ3n) is 3.69. The van der Waals surface area contributed by atoms with Crippen LogP contribution in [0.1, 0.15) is 30.0 Å². The van der Waals surface area contributed by atoms with Gasteiger partial charge in [-0.2, -0.15) is 0 Å². The van der Waals surface area contributed by atoms with Crippen molar-refractivity contribution in [3.8, 4) is 0 Å². The van der Waals surface area contributed by atoms with Gasteiger partial charge in [0.05, 0.1) is 11.2 Å². The van der Waals surface area contributed by atoms with Gasteiger partial charge in [0, 0.05) is 16.3 Å². The number of nitrogens with zero attached hydrogens (tertiary/aromatic N) is 1. The SMILES string of the molecule is CCNC(CCc1cccs1)c1ccc2ccccc2n1. The molecule has 0 aliphatic carbocycles. The minimum atomic E-state index is 0.321. The average Bonchev–Trinajstić information content (AvgIpc) is 3.04. The molecule has 3 heteroatoms. The van der Waals surface area contributed by atoms with Crippen LogP contribution in [0.4, 0.5) is 0 Å². The van der Waals surface area contributed by atoms with E-state index in [0.29, 0.717) is 6.04 Å². The number of hydrogen-bond donors (Lipinski definition) is 1. The number of nitrogens with one attached hydrogen (secondary N) is 1. The van der Waals surface area contributed by atoms with Crippen molar-refractivity contribution in [1.82, 2.24) is 10.3 Å². The van der Waals surface area contributed by atoms with Crippen molar-refractivity contribution in [1.29, 1.82) is 0 Å². The topological polar surface area (TPSA) is 24.9 Å². The zero-order valence-corrected chi connectivity index (χ0v) is 13.1. The lowest BCUT2D eigenvalue weighted by Gasteiger charge is -2.17. The van der Waals surface area contributed by atoms with Crippen LogP contribution in [0.2, 0.25) is 0 Å². The third-order valence-corrected chi connectivity index (χ3v) is 4.62. The van der Waals surface area contributed by atoms with Crippen LogP contribution in [0.5, 0.6) is 0 Å². The predicted octanol–water partition coefficient (Wildman–Crippen LogP) is 4.58. The number of rotatable bonds is 6. The molecule has 21 heavy (non-hydrogen) atoms. The summed E-state index contributed by atoms with van der Waals surface area (Å²) in [6, 6.07) is 17.3. The number of thiophene rings is 1. The number of fused-ring (bicyclic) bond motifs is 1. The van der Waals surface area contributed by atoms with Gasteiger partial charge in [-0.1, -0.05) is 37.3 Å². The van der Waals surface area contributed by atoms with Crippen molar-refractivity contribution < 1.29 is 0 Å². The summed E-state index contributed by atoms with van der Waals surface area (Å²) >= 11 is 1.83. The van der Waals surface area contributed by atoms with Gasteiger partial charge in [-0.3, -0.25) is 4.98 Å². The second-order valence-electron chi connectivity index (χ2n) is 5.16. The Kier molecular flexibility index (Phi) is 4.63. The first kappa shape index (κ1) is 14.2. The van der Waals surface area contributed by atoms with Crippen molar-refractivity contribution in [2.75, 3.05) is 6.54 Å². The van der Waals surface area contributed by atoms with Crippen LogP contribution in [0, 0.1) is 0 Å². The van der Waals surface area contributed by atoms with Crippen LogP contribution in [0.3, 0.4) is 0 Å². The highest BCUT2D eigenvalue weighted by Crippen LogP contribution is 2.22. The molecule has 0 bridgehead atoms. The van der Waals surface area contributed by atoms with Gasteiger partial charge < -0.3 is 5.32 Å². The lowest BCUT2D eigenvalue weighted by molar-refractivity contribution is 0.507. The maximum atomic E-state index is 4.84. The number of hydrogen-bond acceptors (Lipinski definition) is 3. The van der Waals surface area contributed by atoms with E-state index in [1.807, 2.05) is 17.4 Å². The number of pyridine rings is 1. The molecule has 2 nitrogen and oxygen atoms in total. The van der Waals surface area contributed by atoms with Crippen LogP contribution >= 0.6 is 11.3 Å². The van der Waals surface area contributed by atoms with E-state index >= 15 is 0 Å². The van der Waals surface area contributed by atoms with E-state index in [-0.39, 0.29) is 0 Å². The smallest absolute Gasteiger partial charge is 0.0706 e. The molecule has 0 amide bonds. The fourth-order valence-electron chi connectivity index (χ4n) is 2.62. The molecule has 0 saturated carbocycles. The van der Waals surface area contributed by atoms with E-state index in [1.54, 1.807) is 0 Å². The quantitative estimate of drug-likeness (QED) is 0.720. The highest BCUT2D eigenvalue weighted by Gasteiger charge is 2.12. The summed E-state index contributed by atoms with van der Waals surface area (Å²) in [7, 11) is 0. The zero-order valence-electron chi connectivity index (χ0n) is 12.3. The summed E-state index contributed by atoms with van der Waals surface area (Å²) in [6.45, 7) is 3.11. The van der Waals surface area contributed by atoms with Crippen molar-refractivity contribution in [2.24, 2.45) is 0 Å².